The SMILES string of the molecule is O=C(N/N=C/c1c(O)n(Cc2ccc(F)cc2)c(=S)[nH]c1=O)c1ccccc1Cl. The van der Waals surface area contributed by atoms with Gasteiger partial charge in [-0.15, -0.1) is 0 Å². The Morgan fingerprint density at radius 1 is 1.28 bits per heavy atom. The van der Waals surface area contributed by atoms with Gasteiger partial charge in [0.2, 0.25) is 5.88 Å². The molecule has 2 aromatic carbocycles. The molecular formula is C19H14ClFN4O3S. The zero-order valence-corrected chi connectivity index (χ0v) is 16.3. The molecular weight excluding hydrogens is 419 g/mol. The maximum absolute atomic E-state index is 13.1. The fraction of sp³-hybridized carbons (Fsp3) is 0.0526. The number of rotatable bonds is 5. The second-order valence-corrected chi connectivity index (χ2v) is 6.68. The van der Waals surface area contributed by atoms with Gasteiger partial charge in [-0.25, -0.2) is 9.82 Å². The number of nitrogens with zero attached hydrogens (tertiary/aromatic N) is 2. The average Bonchev–Trinajstić information content (AvgIpc) is 2.69. The van der Waals surface area contributed by atoms with Crippen molar-refractivity contribution in [2.45, 2.75) is 6.54 Å². The number of benzene rings is 2. The molecule has 0 bridgehead atoms. The lowest BCUT2D eigenvalue weighted by atomic mass is 10.2. The highest BCUT2D eigenvalue weighted by Crippen LogP contribution is 2.16. The van der Waals surface area contributed by atoms with Gasteiger partial charge in [-0.2, -0.15) is 5.10 Å². The van der Waals surface area contributed by atoms with Crippen LogP contribution in [0.5, 0.6) is 5.88 Å². The van der Waals surface area contributed by atoms with E-state index >= 15 is 0 Å². The Hall–Kier alpha value is -3.30. The largest absolute Gasteiger partial charge is 0.494 e. The number of hydrazone groups is 1. The molecule has 0 saturated heterocycles. The van der Waals surface area contributed by atoms with Crippen molar-refractivity contribution in [2.24, 2.45) is 5.10 Å². The van der Waals surface area contributed by atoms with Gasteiger partial charge in [0.05, 0.1) is 23.3 Å². The van der Waals surface area contributed by atoms with Crippen LogP contribution in [0.15, 0.2) is 58.4 Å². The van der Waals surface area contributed by atoms with Crippen LogP contribution in [0, 0.1) is 10.6 Å². The van der Waals surface area contributed by atoms with Crippen LogP contribution in [0.3, 0.4) is 0 Å². The normalized spacial score (nSPS) is 11.0. The lowest BCUT2D eigenvalue weighted by Crippen LogP contribution is -2.22. The number of aromatic hydroxyl groups is 1. The molecule has 3 rings (SSSR count). The van der Waals surface area contributed by atoms with Gasteiger partial charge in [0, 0.05) is 0 Å². The Balaban J connectivity index is 1.85. The predicted molar refractivity (Wildman–Crippen MR) is 110 cm³/mol. The number of hydrogen-bond acceptors (Lipinski definition) is 5. The van der Waals surface area contributed by atoms with E-state index in [1.54, 1.807) is 18.2 Å². The van der Waals surface area contributed by atoms with Crippen molar-refractivity contribution in [3.63, 3.8) is 0 Å². The smallest absolute Gasteiger partial charge is 0.272 e. The quantitative estimate of drug-likeness (QED) is 0.327. The van der Waals surface area contributed by atoms with E-state index in [9.17, 15) is 19.1 Å². The van der Waals surface area contributed by atoms with Gasteiger partial charge < -0.3 is 5.11 Å². The molecule has 1 aromatic heterocycles. The minimum absolute atomic E-state index is 0.0194. The van der Waals surface area contributed by atoms with E-state index in [0.717, 1.165) is 6.21 Å². The highest BCUT2D eigenvalue weighted by molar-refractivity contribution is 7.71. The predicted octanol–water partition coefficient (Wildman–Crippen LogP) is 3.22. The molecule has 0 saturated carbocycles. The zero-order valence-electron chi connectivity index (χ0n) is 14.7. The summed E-state index contributed by atoms with van der Waals surface area (Å²) in [5, 5.41) is 14.4. The third-order valence-electron chi connectivity index (χ3n) is 3.94. The molecule has 29 heavy (non-hydrogen) atoms. The molecule has 0 spiro atoms. The molecule has 10 heteroatoms. The van der Waals surface area contributed by atoms with Gasteiger partial charge in [0.15, 0.2) is 4.77 Å². The topological polar surface area (TPSA) is 99.5 Å². The Kier molecular flexibility index (Phi) is 6.20. The number of nitrogens with one attached hydrogen (secondary N) is 2. The summed E-state index contributed by atoms with van der Waals surface area (Å²) in [6.07, 6.45) is 0.999. The van der Waals surface area contributed by atoms with Gasteiger partial charge in [0.25, 0.3) is 11.5 Å². The molecule has 1 amide bonds. The van der Waals surface area contributed by atoms with E-state index in [-0.39, 0.29) is 27.5 Å². The summed E-state index contributed by atoms with van der Waals surface area (Å²) in [6, 6.07) is 12.0. The van der Waals surface area contributed by atoms with Crippen LogP contribution in [-0.4, -0.2) is 26.8 Å². The zero-order chi connectivity index (χ0) is 21.0. The van der Waals surface area contributed by atoms with Gasteiger partial charge >= 0.3 is 0 Å². The van der Waals surface area contributed by atoms with Gasteiger partial charge in [-0.05, 0) is 42.0 Å². The molecule has 148 valence electrons. The highest BCUT2D eigenvalue weighted by atomic mass is 35.5. The lowest BCUT2D eigenvalue weighted by Gasteiger charge is -2.11. The molecule has 0 aliphatic rings. The van der Waals surface area contributed by atoms with Crippen LogP contribution in [0.25, 0.3) is 0 Å². The minimum Gasteiger partial charge on any atom is -0.494 e. The van der Waals surface area contributed by atoms with Crippen molar-refractivity contribution in [3.8, 4) is 5.88 Å². The summed E-state index contributed by atoms with van der Waals surface area (Å²) >= 11 is 11.0. The van der Waals surface area contributed by atoms with E-state index in [1.807, 2.05) is 0 Å². The second kappa shape index (κ2) is 8.80. The number of carbonyl (C=O) groups is 1. The average molecular weight is 433 g/mol. The van der Waals surface area contributed by atoms with E-state index < -0.39 is 23.2 Å². The van der Waals surface area contributed by atoms with Crippen molar-refractivity contribution in [3.05, 3.63) is 91.2 Å². The number of carbonyl (C=O) groups excluding carboxylic acids is 1. The van der Waals surface area contributed by atoms with E-state index in [2.05, 4.69) is 15.5 Å². The van der Waals surface area contributed by atoms with Crippen LogP contribution in [0.2, 0.25) is 5.02 Å². The molecule has 1 heterocycles. The summed E-state index contributed by atoms with van der Waals surface area (Å²) in [5.41, 5.74) is 2.21. The van der Waals surface area contributed by atoms with Gasteiger partial charge in [0.1, 0.15) is 11.4 Å². The van der Waals surface area contributed by atoms with Crippen molar-refractivity contribution >= 4 is 35.9 Å². The molecule has 3 N–H and O–H groups in total. The molecule has 0 aliphatic carbocycles. The fourth-order valence-electron chi connectivity index (χ4n) is 2.47. The van der Waals surface area contributed by atoms with Crippen LogP contribution >= 0.6 is 23.8 Å². The van der Waals surface area contributed by atoms with E-state index in [0.29, 0.717) is 5.56 Å². The van der Waals surface area contributed by atoms with Crippen molar-refractivity contribution in [2.75, 3.05) is 0 Å². The number of aromatic nitrogens is 2. The van der Waals surface area contributed by atoms with Crippen molar-refractivity contribution in [1.82, 2.24) is 15.0 Å². The van der Waals surface area contributed by atoms with E-state index in [4.69, 9.17) is 23.8 Å². The first kappa shape index (κ1) is 20.4. The third kappa shape index (κ3) is 4.76. The number of amides is 1. The molecule has 0 fully saturated rings. The summed E-state index contributed by atoms with van der Waals surface area (Å²) < 4.78 is 14.3. The molecule has 7 nitrogen and oxygen atoms in total. The maximum atomic E-state index is 13.1. The first-order valence-corrected chi connectivity index (χ1v) is 9.04. The van der Waals surface area contributed by atoms with Crippen molar-refractivity contribution in [1.29, 1.82) is 0 Å². The molecule has 0 aliphatic heterocycles. The van der Waals surface area contributed by atoms with Crippen LogP contribution in [0.4, 0.5) is 4.39 Å². The van der Waals surface area contributed by atoms with Gasteiger partial charge in [-0.1, -0.05) is 35.9 Å². The minimum atomic E-state index is -0.682. The highest BCUT2D eigenvalue weighted by Gasteiger charge is 2.12. The third-order valence-corrected chi connectivity index (χ3v) is 4.59. The Labute approximate surface area is 174 Å². The Morgan fingerprint density at radius 2 is 1.97 bits per heavy atom. The molecule has 0 radical (unpaired) electrons. The van der Waals surface area contributed by atoms with Crippen LogP contribution in [0.1, 0.15) is 21.5 Å². The Bertz CT molecular complexity index is 1210. The van der Waals surface area contributed by atoms with Crippen molar-refractivity contribution < 1.29 is 14.3 Å². The molecule has 3 aromatic rings. The first-order valence-electron chi connectivity index (χ1n) is 8.25. The molecule has 0 atom stereocenters. The number of halogens is 2. The van der Waals surface area contributed by atoms with E-state index in [1.165, 1.54) is 34.9 Å². The van der Waals surface area contributed by atoms with Gasteiger partial charge in [-0.3, -0.25) is 19.1 Å². The standard InChI is InChI=1S/C19H14ClFN4O3S/c20-15-4-2-1-3-13(15)17(27)24-22-9-14-16(26)23-19(29)25(18(14)28)10-11-5-7-12(21)8-6-11/h1-9,28H,10H2,(H,24,27)(H,23,26,29)/b22-9+. The fourth-order valence-corrected chi connectivity index (χ4v) is 2.94. The summed E-state index contributed by atoms with van der Waals surface area (Å²) in [4.78, 5) is 26.7. The second-order valence-electron chi connectivity index (χ2n) is 5.89. The Morgan fingerprint density at radius 3 is 2.66 bits per heavy atom. The van der Waals surface area contributed by atoms with Crippen LogP contribution in [-0.2, 0) is 6.54 Å². The monoisotopic (exact) mass is 432 g/mol. The number of H-pyrrole nitrogens is 1. The summed E-state index contributed by atoms with van der Waals surface area (Å²) in [6.45, 7) is 0.0918. The van der Waals surface area contributed by atoms with Crippen LogP contribution < -0.4 is 11.0 Å². The number of aromatic amines is 1. The lowest BCUT2D eigenvalue weighted by molar-refractivity contribution is 0.0955. The molecule has 0 unspecified atom stereocenters. The maximum Gasteiger partial charge on any atom is 0.272 e. The summed E-state index contributed by atoms with van der Waals surface area (Å²) in [7, 11) is 0. The first-order chi connectivity index (χ1) is 13.9. The summed E-state index contributed by atoms with van der Waals surface area (Å²) in [5.74, 6) is -1.43. The number of hydrogen-bond donors (Lipinski definition) is 3.